The number of amides is 1. The number of ether oxygens (including phenoxy) is 2. The van der Waals surface area contributed by atoms with Crippen LogP contribution in [0.2, 0.25) is 0 Å². The first kappa shape index (κ1) is 16.8. The van der Waals surface area contributed by atoms with Gasteiger partial charge in [0.1, 0.15) is 17.2 Å². The van der Waals surface area contributed by atoms with E-state index in [9.17, 15) is 9.90 Å². The molecule has 0 saturated heterocycles. The summed E-state index contributed by atoms with van der Waals surface area (Å²) in [6.07, 6.45) is 0.494. The number of phenols is 1. The number of rotatable bonds is 4. The Balaban J connectivity index is 2.00. The third-order valence-corrected chi connectivity index (χ3v) is 4.21. The Hall–Kier alpha value is -3.02. The van der Waals surface area contributed by atoms with Crippen molar-refractivity contribution in [2.45, 2.75) is 19.4 Å². The standard InChI is InChI=1S/C19H20N2O4/c1-12(22)21-18(16-6-4-5-7-19(16)23)11-17(20-21)13-8-14(24-2)10-15(9-13)25-3/h4-10,18,23H,11H2,1-3H3. The maximum absolute atomic E-state index is 12.1. The van der Waals surface area contributed by atoms with Crippen LogP contribution in [0, 0.1) is 0 Å². The molecule has 1 unspecified atom stereocenters. The lowest BCUT2D eigenvalue weighted by molar-refractivity contribution is -0.130. The van der Waals surface area contributed by atoms with Gasteiger partial charge < -0.3 is 14.6 Å². The summed E-state index contributed by atoms with van der Waals surface area (Å²) < 4.78 is 10.6. The van der Waals surface area contributed by atoms with Crippen LogP contribution in [0.15, 0.2) is 47.6 Å². The molecule has 1 aliphatic heterocycles. The monoisotopic (exact) mass is 340 g/mol. The molecule has 0 spiro atoms. The summed E-state index contributed by atoms with van der Waals surface area (Å²) in [5, 5.41) is 16.1. The van der Waals surface area contributed by atoms with Gasteiger partial charge in [0.2, 0.25) is 5.91 Å². The average Bonchev–Trinajstić information content (AvgIpc) is 3.07. The molecule has 25 heavy (non-hydrogen) atoms. The van der Waals surface area contributed by atoms with Gasteiger partial charge in [-0.3, -0.25) is 4.79 Å². The fraction of sp³-hybridized carbons (Fsp3) is 0.263. The van der Waals surface area contributed by atoms with Crippen LogP contribution in [-0.2, 0) is 4.79 Å². The zero-order valence-corrected chi connectivity index (χ0v) is 14.4. The van der Waals surface area contributed by atoms with Gasteiger partial charge >= 0.3 is 0 Å². The van der Waals surface area contributed by atoms with E-state index in [2.05, 4.69) is 5.10 Å². The lowest BCUT2D eigenvalue weighted by atomic mass is 9.97. The number of hydrogen-bond acceptors (Lipinski definition) is 5. The molecule has 3 rings (SSSR count). The summed E-state index contributed by atoms with van der Waals surface area (Å²) in [7, 11) is 3.17. The van der Waals surface area contributed by atoms with Crippen molar-refractivity contribution < 1.29 is 19.4 Å². The van der Waals surface area contributed by atoms with Crippen molar-refractivity contribution in [3.8, 4) is 17.2 Å². The molecular formula is C19H20N2O4. The first-order valence-electron chi connectivity index (χ1n) is 7.92. The second kappa shape index (κ2) is 6.84. The van der Waals surface area contributed by atoms with Crippen LogP contribution >= 0.6 is 0 Å². The lowest BCUT2D eigenvalue weighted by Gasteiger charge is -2.21. The molecule has 6 nitrogen and oxygen atoms in total. The molecule has 1 amide bonds. The van der Waals surface area contributed by atoms with E-state index in [0.717, 1.165) is 11.3 Å². The van der Waals surface area contributed by atoms with Gasteiger partial charge in [-0.1, -0.05) is 18.2 Å². The molecule has 1 atom stereocenters. The topological polar surface area (TPSA) is 71.4 Å². The van der Waals surface area contributed by atoms with Crippen LogP contribution in [0.1, 0.15) is 30.5 Å². The van der Waals surface area contributed by atoms with Crippen molar-refractivity contribution >= 4 is 11.6 Å². The summed E-state index contributed by atoms with van der Waals surface area (Å²) in [4.78, 5) is 12.1. The van der Waals surface area contributed by atoms with Gasteiger partial charge in [0, 0.05) is 30.5 Å². The largest absolute Gasteiger partial charge is 0.508 e. The molecule has 0 aliphatic carbocycles. The van der Waals surface area contributed by atoms with E-state index in [-0.39, 0.29) is 17.7 Å². The van der Waals surface area contributed by atoms with Crippen LogP contribution in [-0.4, -0.2) is 36.0 Å². The number of benzene rings is 2. The third kappa shape index (κ3) is 3.28. The van der Waals surface area contributed by atoms with E-state index >= 15 is 0 Å². The molecule has 0 saturated carbocycles. The Labute approximate surface area is 146 Å². The number of phenolic OH excluding ortho intramolecular Hbond substituents is 1. The number of carbonyl (C=O) groups excluding carboxylic acids is 1. The molecule has 130 valence electrons. The predicted molar refractivity (Wildman–Crippen MR) is 94.1 cm³/mol. The quantitative estimate of drug-likeness (QED) is 0.928. The number of hydrazone groups is 1. The molecular weight excluding hydrogens is 320 g/mol. The molecule has 0 bridgehead atoms. The normalized spacial score (nSPS) is 16.5. The summed E-state index contributed by atoms with van der Waals surface area (Å²) in [5.41, 5.74) is 2.23. The van der Waals surface area contributed by atoms with Gasteiger partial charge in [0.05, 0.1) is 26.0 Å². The summed E-state index contributed by atoms with van der Waals surface area (Å²) >= 11 is 0. The van der Waals surface area contributed by atoms with E-state index < -0.39 is 0 Å². The summed E-state index contributed by atoms with van der Waals surface area (Å²) in [6, 6.07) is 12.1. The highest BCUT2D eigenvalue weighted by Gasteiger charge is 2.33. The average molecular weight is 340 g/mol. The minimum Gasteiger partial charge on any atom is -0.508 e. The number of nitrogens with zero attached hydrogens (tertiary/aromatic N) is 2. The van der Waals surface area contributed by atoms with Gasteiger partial charge in [-0.05, 0) is 18.2 Å². The number of hydrogen-bond donors (Lipinski definition) is 1. The fourth-order valence-corrected chi connectivity index (χ4v) is 2.96. The molecule has 0 aromatic heterocycles. The van der Waals surface area contributed by atoms with Crippen LogP contribution in [0.25, 0.3) is 0 Å². The van der Waals surface area contributed by atoms with E-state index in [4.69, 9.17) is 9.47 Å². The van der Waals surface area contributed by atoms with Gasteiger partial charge in [-0.25, -0.2) is 5.01 Å². The van der Waals surface area contributed by atoms with Gasteiger partial charge in [0.25, 0.3) is 0 Å². The van der Waals surface area contributed by atoms with Crippen molar-refractivity contribution in [2.75, 3.05) is 14.2 Å². The van der Waals surface area contributed by atoms with Crippen molar-refractivity contribution in [2.24, 2.45) is 5.10 Å². The molecule has 2 aromatic carbocycles. The molecule has 1 N–H and O–H groups in total. The number of aromatic hydroxyl groups is 1. The molecule has 0 fully saturated rings. The number of methoxy groups -OCH3 is 2. The minimum absolute atomic E-state index is 0.151. The third-order valence-electron chi connectivity index (χ3n) is 4.21. The molecule has 6 heteroatoms. The molecule has 1 heterocycles. The van der Waals surface area contributed by atoms with Crippen molar-refractivity contribution in [1.82, 2.24) is 5.01 Å². The van der Waals surface area contributed by atoms with E-state index in [0.29, 0.717) is 23.5 Å². The first-order chi connectivity index (χ1) is 12.0. The fourth-order valence-electron chi connectivity index (χ4n) is 2.96. The van der Waals surface area contributed by atoms with Gasteiger partial charge in [-0.2, -0.15) is 5.10 Å². The summed E-state index contributed by atoms with van der Waals surface area (Å²) in [5.74, 6) is 1.27. The molecule has 0 radical (unpaired) electrons. The Morgan fingerprint density at radius 2 is 1.80 bits per heavy atom. The zero-order valence-electron chi connectivity index (χ0n) is 14.4. The highest BCUT2D eigenvalue weighted by molar-refractivity contribution is 6.03. The van der Waals surface area contributed by atoms with E-state index in [1.165, 1.54) is 11.9 Å². The van der Waals surface area contributed by atoms with Crippen molar-refractivity contribution in [3.63, 3.8) is 0 Å². The van der Waals surface area contributed by atoms with Crippen LogP contribution in [0.5, 0.6) is 17.2 Å². The smallest absolute Gasteiger partial charge is 0.240 e. The van der Waals surface area contributed by atoms with E-state index in [1.807, 2.05) is 18.2 Å². The van der Waals surface area contributed by atoms with Crippen LogP contribution < -0.4 is 9.47 Å². The SMILES string of the molecule is COc1cc(OC)cc(C2=NN(C(C)=O)C(c3ccccc3O)C2)c1. The predicted octanol–water partition coefficient (Wildman–Crippen LogP) is 3.11. The zero-order chi connectivity index (χ0) is 18.0. The second-order valence-corrected chi connectivity index (χ2v) is 5.79. The Bertz CT molecular complexity index is 810. The van der Waals surface area contributed by atoms with Gasteiger partial charge in [-0.15, -0.1) is 0 Å². The second-order valence-electron chi connectivity index (χ2n) is 5.79. The number of para-hydroxylation sites is 1. The maximum atomic E-state index is 12.1. The van der Waals surface area contributed by atoms with Crippen molar-refractivity contribution in [1.29, 1.82) is 0 Å². The first-order valence-corrected chi connectivity index (χ1v) is 7.92. The molecule has 2 aromatic rings. The highest BCUT2D eigenvalue weighted by Crippen LogP contribution is 2.37. The maximum Gasteiger partial charge on any atom is 0.240 e. The minimum atomic E-state index is -0.342. The Morgan fingerprint density at radius 1 is 1.16 bits per heavy atom. The number of carbonyl (C=O) groups is 1. The Kier molecular flexibility index (Phi) is 4.61. The Morgan fingerprint density at radius 3 is 2.36 bits per heavy atom. The van der Waals surface area contributed by atoms with Crippen LogP contribution in [0.4, 0.5) is 0 Å². The van der Waals surface area contributed by atoms with Gasteiger partial charge in [0.15, 0.2) is 0 Å². The van der Waals surface area contributed by atoms with E-state index in [1.54, 1.807) is 38.5 Å². The molecule has 1 aliphatic rings. The van der Waals surface area contributed by atoms with Crippen LogP contribution in [0.3, 0.4) is 0 Å². The highest BCUT2D eigenvalue weighted by atomic mass is 16.5. The lowest BCUT2D eigenvalue weighted by Crippen LogP contribution is -2.24. The summed E-state index contributed by atoms with van der Waals surface area (Å²) in [6.45, 7) is 1.46. The van der Waals surface area contributed by atoms with Crippen molar-refractivity contribution in [3.05, 3.63) is 53.6 Å².